The van der Waals surface area contributed by atoms with E-state index in [2.05, 4.69) is 0 Å². The number of thiophene rings is 1. The lowest BCUT2D eigenvalue weighted by molar-refractivity contribution is 0.180. The number of aliphatic hydroxyl groups is 1. The molecule has 2 aromatic carbocycles. The van der Waals surface area contributed by atoms with Gasteiger partial charge in [-0.05, 0) is 40.1 Å². The monoisotopic (exact) mass is 306 g/mol. The molecule has 3 rings (SSSR count). The average molecular weight is 307 g/mol. The van der Waals surface area contributed by atoms with Crippen molar-refractivity contribution >= 4 is 33.0 Å². The summed E-state index contributed by atoms with van der Waals surface area (Å²) in [6, 6.07) is 12.2. The van der Waals surface area contributed by atoms with Gasteiger partial charge in [0.15, 0.2) is 0 Å². The molecule has 0 bridgehead atoms. The quantitative estimate of drug-likeness (QED) is 0.724. The molecule has 1 N–H and O–H groups in total. The zero-order chi connectivity index (χ0) is 14.1. The summed E-state index contributed by atoms with van der Waals surface area (Å²) >= 11 is 7.62. The number of halogens is 2. The summed E-state index contributed by atoms with van der Waals surface area (Å²) in [4.78, 5) is 0. The van der Waals surface area contributed by atoms with Gasteiger partial charge in [0.25, 0.3) is 0 Å². The zero-order valence-electron chi connectivity index (χ0n) is 10.5. The van der Waals surface area contributed by atoms with Gasteiger partial charge in [-0.15, -0.1) is 11.3 Å². The van der Waals surface area contributed by atoms with E-state index in [4.69, 9.17) is 11.6 Å². The maximum Gasteiger partial charge on any atom is 0.124 e. The largest absolute Gasteiger partial charge is 0.388 e. The SMILES string of the molecule is OC(Cc1ccc(F)cc1Cl)c1cccc2ccsc12. The van der Waals surface area contributed by atoms with Crippen LogP contribution in [0.2, 0.25) is 5.02 Å². The second-order valence-electron chi connectivity index (χ2n) is 4.64. The molecule has 20 heavy (non-hydrogen) atoms. The first-order valence-corrected chi connectivity index (χ1v) is 7.49. The summed E-state index contributed by atoms with van der Waals surface area (Å²) in [5.74, 6) is -0.367. The van der Waals surface area contributed by atoms with Gasteiger partial charge in [0, 0.05) is 16.1 Å². The Balaban J connectivity index is 1.93. The highest BCUT2D eigenvalue weighted by Gasteiger charge is 2.14. The second-order valence-corrected chi connectivity index (χ2v) is 5.97. The molecule has 0 saturated heterocycles. The van der Waals surface area contributed by atoms with Crippen molar-refractivity contribution in [3.8, 4) is 0 Å². The minimum Gasteiger partial charge on any atom is -0.388 e. The van der Waals surface area contributed by atoms with Crippen molar-refractivity contribution in [2.45, 2.75) is 12.5 Å². The number of hydrogen-bond donors (Lipinski definition) is 1. The normalized spacial score (nSPS) is 12.8. The van der Waals surface area contributed by atoms with E-state index in [-0.39, 0.29) is 5.82 Å². The summed E-state index contributed by atoms with van der Waals surface area (Å²) in [6.45, 7) is 0. The van der Waals surface area contributed by atoms with Crippen molar-refractivity contribution < 1.29 is 9.50 Å². The molecule has 102 valence electrons. The third-order valence-corrected chi connectivity index (χ3v) is 4.63. The fraction of sp³-hybridized carbons (Fsp3) is 0.125. The van der Waals surface area contributed by atoms with Crippen molar-refractivity contribution in [1.82, 2.24) is 0 Å². The summed E-state index contributed by atoms with van der Waals surface area (Å²) in [5, 5.41) is 13.9. The Morgan fingerprint density at radius 3 is 2.85 bits per heavy atom. The highest BCUT2D eigenvalue weighted by Crippen LogP contribution is 2.31. The number of rotatable bonds is 3. The van der Waals surface area contributed by atoms with Crippen LogP contribution >= 0.6 is 22.9 Å². The Morgan fingerprint density at radius 1 is 1.20 bits per heavy atom. The molecule has 0 saturated carbocycles. The molecule has 0 amide bonds. The highest BCUT2D eigenvalue weighted by atomic mass is 35.5. The van der Waals surface area contributed by atoms with Crippen molar-refractivity contribution in [3.05, 3.63) is 69.8 Å². The van der Waals surface area contributed by atoms with Crippen molar-refractivity contribution in [1.29, 1.82) is 0 Å². The van der Waals surface area contributed by atoms with E-state index in [1.54, 1.807) is 17.4 Å². The van der Waals surface area contributed by atoms with Crippen molar-refractivity contribution in [2.75, 3.05) is 0 Å². The van der Waals surface area contributed by atoms with Crippen LogP contribution in [0.1, 0.15) is 17.2 Å². The van der Waals surface area contributed by atoms with Crippen molar-refractivity contribution in [3.63, 3.8) is 0 Å². The van der Waals surface area contributed by atoms with Crippen LogP contribution in [-0.2, 0) is 6.42 Å². The summed E-state index contributed by atoms with van der Waals surface area (Å²) in [6.07, 6.45) is -0.281. The molecule has 0 spiro atoms. The van der Waals surface area contributed by atoms with Crippen LogP contribution in [0.15, 0.2) is 47.8 Å². The Morgan fingerprint density at radius 2 is 2.05 bits per heavy atom. The number of benzene rings is 2. The van der Waals surface area contributed by atoms with Gasteiger partial charge in [0.1, 0.15) is 5.82 Å². The smallest absolute Gasteiger partial charge is 0.124 e. The molecule has 0 aliphatic carbocycles. The maximum atomic E-state index is 13.0. The van der Waals surface area contributed by atoms with Crippen LogP contribution in [0.25, 0.3) is 10.1 Å². The van der Waals surface area contributed by atoms with Crippen LogP contribution in [0, 0.1) is 5.82 Å². The molecule has 0 aliphatic rings. The van der Waals surface area contributed by atoms with Crippen LogP contribution in [0.3, 0.4) is 0 Å². The number of fused-ring (bicyclic) bond motifs is 1. The molecule has 4 heteroatoms. The fourth-order valence-corrected chi connectivity index (χ4v) is 3.49. The lowest BCUT2D eigenvalue weighted by Crippen LogP contribution is -2.02. The van der Waals surface area contributed by atoms with Gasteiger partial charge in [-0.2, -0.15) is 0 Å². The summed E-state index contributed by atoms with van der Waals surface area (Å²) in [7, 11) is 0. The average Bonchev–Trinajstić information content (AvgIpc) is 2.90. The molecule has 1 unspecified atom stereocenters. The third-order valence-electron chi connectivity index (χ3n) is 3.30. The van der Waals surface area contributed by atoms with Gasteiger partial charge in [-0.25, -0.2) is 4.39 Å². The molecule has 3 aromatic rings. The van der Waals surface area contributed by atoms with Gasteiger partial charge < -0.3 is 5.11 Å². The molecular formula is C16H12ClFOS. The van der Waals surface area contributed by atoms with E-state index in [1.807, 2.05) is 29.6 Å². The summed E-state index contributed by atoms with van der Waals surface area (Å²) < 4.78 is 14.1. The second kappa shape index (κ2) is 5.52. The maximum absolute atomic E-state index is 13.0. The molecule has 1 atom stereocenters. The van der Waals surface area contributed by atoms with Crippen LogP contribution in [-0.4, -0.2) is 5.11 Å². The van der Waals surface area contributed by atoms with E-state index >= 15 is 0 Å². The Bertz CT molecular complexity index is 753. The molecule has 1 heterocycles. The Labute approximate surface area is 125 Å². The van der Waals surface area contributed by atoms with Crippen molar-refractivity contribution in [2.24, 2.45) is 0 Å². The molecule has 0 radical (unpaired) electrons. The lowest BCUT2D eigenvalue weighted by atomic mass is 10.0. The Hall–Kier alpha value is -1.42. The van der Waals surface area contributed by atoms with E-state index in [0.717, 1.165) is 21.2 Å². The van der Waals surface area contributed by atoms with Crippen LogP contribution < -0.4 is 0 Å². The standard InChI is InChI=1S/C16H12ClFOS/c17-14-9-12(18)5-4-11(14)8-15(19)13-3-1-2-10-6-7-20-16(10)13/h1-7,9,15,19H,8H2. The molecule has 0 aliphatic heterocycles. The van der Waals surface area contributed by atoms with E-state index in [9.17, 15) is 9.50 Å². The first-order valence-electron chi connectivity index (χ1n) is 6.23. The van der Waals surface area contributed by atoms with Gasteiger partial charge in [-0.1, -0.05) is 35.9 Å². The first-order chi connectivity index (χ1) is 9.65. The van der Waals surface area contributed by atoms with E-state index in [0.29, 0.717) is 11.4 Å². The van der Waals surface area contributed by atoms with Gasteiger partial charge >= 0.3 is 0 Å². The predicted molar refractivity (Wildman–Crippen MR) is 81.9 cm³/mol. The number of aliphatic hydroxyl groups excluding tert-OH is 1. The lowest BCUT2D eigenvalue weighted by Gasteiger charge is -2.13. The Kier molecular flexibility index (Phi) is 3.74. The molecule has 1 aromatic heterocycles. The first kappa shape index (κ1) is 13.6. The summed E-state index contributed by atoms with van der Waals surface area (Å²) in [5.41, 5.74) is 1.63. The number of hydrogen-bond acceptors (Lipinski definition) is 2. The highest BCUT2D eigenvalue weighted by molar-refractivity contribution is 7.17. The zero-order valence-corrected chi connectivity index (χ0v) is 12.1. The fourth-order valence-electron chi connectivity index (χ4n) is 2.28. The molecule has 1 nitrogen and oxygen atoms in total. The van der Waals surface area contributed by atoms with Gasteiger partial charge in [-0.3, -0.25) is 0 Å². The van der Waals surface area contributed by atoms with Crippen LogP contribution in [0.4, 0.5) is 4.39 Å². The predicted octanol–water partition coefficient (Wildman–Crippen LogP) is 4.97. The van der Waals surface area contributed by atoms with Gasteiger partial charge in [0.2, 0.25) is 0 Å². The van der Waals surface area contributed by atoms with Crippen LogP contribution in [0.5, 0.6) is 0 Å². The molecule has 0 fully saturated rings. The molecular weight excluding hydrogens is 295 g/mol. The van der Waals surface area contributed by atoms with Gasteiger partial charge in [0.05, 0.1) is 6.10 Å². The minimum absolute atomic E-state index is 0.349. The van der Waals surface area contributed by atoms with E-state index in [1.165, 1.54) is 12.1 Å². The van der Waals surface area contributed by atoms with E-state index < -0.39 is 6.10 Å². The minimum atomic E-state index is -0.652. The topological polar surface area (TPSA) is 20.2 Å². The third kappa shape index (κ3) is 2.57.